The fourth-order valence-corrected chi connectivity index (χ4v) is 2.27. The van der Waals surface area contributed by atoms with Crippen LogP contribution in [0.1, 0.15) is 28.8 Å². The van der Waals surface area contributed by atoms with Crippen molar-refractivity contribution in [1.82, 2.24) is 5.32 Å². The number of halogens is 1. The monoisotopic (exact) mass is 347 g/mol. The number of phenols is 1. The first-order valence-corrected chi connectivity index (χ1v) is 7.82. The summed E-state index contributed by atoms with van der Waals surface area (Å²) in [4.78, 5) is 23.6. The molecule has 1 atom stereocenters. The number of rotatable bonds is 6. The van der Waals surface area contributed by atoms with Gasteiger partial charge in [-0.3, -0.25) is 4.79 Å². The highest BCUT2D eigenvalue weighted by Crippen LogP contribution is 2.22. The molecular weight excluding hydrogens is 330 g/mol. The number of ether oxygens (including phenoxy) is 1. The van der Waals surface area contributed by atoms with E-state index in [-0.39, 0.29) is 17.2 Å². The third-order valence-corrected chi connectivity index (χ3v) is 3.72. The van der Waals surface area contributed by atoms with Crippen molar-refractivity contribution in [1.29, 1.82) is 0 Å². The molecule has 0 aliphatic carbocycles. The fraction of sp³-hybridized carbons (Fsp3) is 0.222. The molecule has 126 valence electrons. The Bertz CT molecular complexity index is 718. The molecule has 0 fully saturated rings. The topological polar surface area (TPSA) is 75.6 Å². The molecule has 0 saturated heterocycles. The average molecular weight is 348 g/mol. The minimum absolute atomic E-state index is 0.0372. The molecule has 5 nitrogen and oxygen atoms in total. The molecule has 6 heteroatoms. The van der Waals surface area contributed by atoms with Gasteiger partial charge in [-0.2, -0.15) is 0 Å². The van der Waals surface area contributed by atoms with Gasteiger partial charge in [-0.15, -0.1) is 0 Å². The SMILES string of the molecule is C[C@@H](CNC(=O)COC(=O)c1ccc(Cl)cc1O)c1ccccc1. The molecule has 0 spiro atoms. The van der Waals surface area contributed by atoms with E-state index >= 15 is 0 Å². The standard InChI is InChI=1S/C18H18ClNO4/c1-12(13-5-3-2-4-6-13)10-20-17(22)11-24-18(23)15-8-7-14(19)9-16(15)21/h2-9,12,21H,10-11H2,1H3,(H,20,22)/t12-/m0/s1. The van der Waals surface area contributed by atoms with Crippen LogP contribution in [0.5, 0.6) is 5.75 Å². The van der Waals surface area contributed by atoms with E-state index in [2.05, 4.69) is 5.32 Å². The number of nitrogens with one attached hydrogen (secondary N) is 1. The second kappa shape index (κ2) is 8.36. The van der Waals surface area contributed by atoms with Crippen molar-refractivity contribution in [3.63, 3.8) is 0 Å². The Morgan fingerprint density at radius 2 is 1.92 bits per heavy atom. The van der Waals surface area contributed by atoms with Crippen LogP contribution in [0.2, 0.25) is 5.02 Å². The lowest BCUT2D eigenvalue weighted by Gasteiger charge is -2.13. The Hall–Kier alpha value is -2.53. The maximum atomic E-state index is 11.8. The van der Waals surface area contributed by atoms with Gasteiger partial charge in [0.25, 0.3) is 5.91 Å². The van der Waals surface area contributed by atoms with Gasteiger partial charge in [0, 0.05) is 11.6 Å². The molecule has 1 amide bonds. The summed E-state index contributed by atoms with van der Waals surface area (Å²) >= 11 is 5.69. The van der Waals surface area contributed by atoms with Gasteiger partial charge in [0.15, 0.2) is 6.61 Å². The van der Waals surface area contributed by atoms with Crippen molar-refractivity contribution in [2.24, 2.45) is 0 Å². The first kappa shape index (κ1) is 17.8. The number of aromatic hydroxyl groups is 1. The van der Waals surface area contributed by atoms with E-state index in [1.165, 1.54) is 18.2 Å². The summed E-state index contributed by atoms with van der Waals surface area (Å²) in [5.41, 5.74) is 1.07. The first-order valence-electron chi connectivity index (χ1n) is 7.44. The molecule has 2 N–H and O–H groups in total. The fourth-order valence-electron chi connectivity index (χ4n) is 2.10. The summed E-state index contributed by atoms with van der Waals surface area (Å²) in [6, 6.07) is 13.8. The van der Waals surface area contributed by atoms with Crippen LogP contribution in [-0.4, -0.2) is 30.1 Å². The maximum absolute atomic E-state index is 11.8. The zero-order valence-electron chi connectivity index (χ0n) is 13.2. The lowest BCUT2D eigenvalue weighted by atomic mass is 10.0. The van der Waals surface area contributed by atoms with Crippen molar-refractivity contribution >= 4 is 23.5 Å². The Morgan fingerprint density at radius 1 is 1.21 bits per heavy atom. The van der Waals surface area contributed by atoms with Crippen LogP contribution in [0, 0.1) is 0 Å². The van der Waals surface area contributed by atoms with Crippen LogP contribution in [0.25, 0.3) is 0 Å². The minimum atomic E-state index is -0.782. The van der Waals surface area contributed by atoms with Crippen LogP contribution in [-0.2, 0) is 9.53 Å². The van der Waals surface area contributed by atoms with Crippen LogP contribution in [0.3, 0.4) is 0 Å². The number of benzene rings is 2. The highest BCUT2D eigenvalue weighted by Gasteiger charge is 2.15. The molecule has 0 aliphatic heterocycles. The number of hydrogen-bond acceptors (Lipinski definition) is 4. The van der Waals surface area contributed by atoms with Gasteiger partial charge in [0.05, 0.1) is 0 Å². The van der Waals surface area contributed by atoms with Gasteiger partial charge in [-0.05, 0) is 29.7 Å². The predicted molar refractivity (Wildman–Crippen MR) is 91.3 cm³/mol. The summed E-state index contributed by atoms with van der Waals surface area (Å²) in [6.07, 6.45) is 0. The van der Waals surface area contributed by atoms with E-state index in [4.69, 9.17) is 16.3 Å². The molecular formula is C18H18ClNO4. The molecule has 0 radical (unpaired) electrons. The lowest BCUT2D eigenvalue weighted by Crippen LogP contribution is -2.31. The molecule has 0 aromatic heterocycles. The van der Waals surface area contributed by atoms with Gasteiger partial charge < -0.3 is 15.2 Å². The number of carbonyl (C=O) groups excluding carboxylic acids is 2. The van der Waals surface area contributed by atoms with Crippen molar-refractivity contribution in [2.45, 2.75) is 12.8 Å². The molecule has 2 aromatic rings. The zero-order valence-corrected chi connectivity index (χ0v) is 13.9. The summed E-state index contributed by atoms with van der Waals surface area (Å²) in [7, 11) is 0. The number of carbonyl (C=O) groups is 2. The van der Waals surface area contributed by atoms with E-state index in [0.29, 0.717) is 11.6 Å². The van der Waals surface area contributed by atoms with Crippen molar-refractivity contribution in [3.8, 4) is 5.75 Å². The summed E-state index contributed by atoms with van der Waals surface area (Å²) in [5.74, 6) is -1.33. The van der Waals surface area contributed by atoms with Crippen molar-refractivity contribution in [3.05, 3.63) is 64.7 Å². The van der Waals surface area contributed by atoms with Crippen molar-refractivity contribution < 1.29 is 19.4 Å². The van der Waals surface area contributed by atoms with Gasteiger partial charge in [-0.1, -0.05) is 48.9 Å². The molecule has 0 saturated carbocycles. The molecule has 2 rings (SSSR count). The molecule has 24 heavy (non-hydrogen) atoms. The van der Waals surface area contributed by atoms with Gasteiger partial charge in [0.2, 0.25) is 0 Å². The molecule has 0 heterocycles. The minimum Gasteiger partial charge on any atom is -0.507 e. The van der Waals surface area contributed by atoms with Crippen LogP contribution in [0.15, 0.2) is 48.5 Å². The smallest absolute Gasteiger partial charge is 0.342 e. The molecule has 2 aromatic carbocycles. The van der Waals surface area contributed by atoms with E-state index in [1.54, 1.807) is 0 Å². The number of phenolic OH excluding ortho intramolecular Hbond substituents is 1. The molecule has 0 bridgehead atoms. The second-order valence-corrected chi connectivity index (χ2v) is 5.79. The highest BCUT2D eigenvalue weighted by atomic mass is 35.5. The third-order valence-electron chi connectivity index (χ3n) is 3.49. The molecule has 0 aliphatic rings. The van der Waals surface area contributed by atoms with Gasteiger partial charge in [-0.25, -0.2) is 4.79 Å². The average Bonchev–Trinajstić information content (AvgIpc) is 2.58. The lowest BCUT2D eigenvalue weighted by molar-refractivity contribution is -0.124. The number of amides is 1. The Kier molecular flexibility index (Phi) is 6.21. The second-order valence-electron chi connectivity index (χ2n) is 5.35. The highest BCUT2D eigenvalue weighted by molar-refractivity contribution is 6.30. The van der Waals surface area contributed by atoms with Crippen molar-refractivity contribution in [2.75, 3.05) is 13.2 Å². The third kappa shape index (κ3) is 4.99. The molecule has 0 unspecified atom stereocenters. The van der Waals surface area contributed by atoms with E-state index in [9.17, 15) is 14.7 Å². The normalized spacial score (nSPS) is 11.6. The van der Waals surface area contributed by atoms with Crippen LogP contribution >= 0.6 is 11.6 Å². The van der Waals surface area contributed by atoms with E-state index in [1.807, 2.05) is 37.3 Å². The maximum Gasteiger partial charge on any atom is 0.342 e. The van der Waals surface area contributed by atoms with E-state index < -0.39 is 18.5 Å². The largest absolute Gasteiger partial charge is 0.507 e. The Balaban J connectivity index is 1.79. The number of hydrogen-bond donors (Lipinski definition) is 2. The predicted octanol–water partition coefficient (Wildman–Crippen LogP) is 3.12. The quantitative estimate of drug-likeness (QED) is 0.787. The summed E-state index contributed by atoms with van der Waals surface area (Å²) in [5, 5.41) is 12.7. The van der Waals surface area contributed by atoms with Gasteiger partial charge in [0.1, 0.15) is 11.3 Å². The summed E-state index contributed by atoms with van der Waals surface area (Å²) in [6.45, 7) is 2.02. The Labute approximate surface area is 145 Å². The Morgan fingerprint density at radius 3 is 2.58 bits per heavy atom. The zero-order chi connectivity index (χ0) is 17.5. The van der Waals surface area contributed by atoms with E-state index in [0.717, 1.165) is 5.56 Å². The number of esters is 1. The first-order chi connectivity index (χ1) is 11.5. The van der Waals surface area contributed by atoms with Gasteiger partial charge >= 0.3 is 5.97 Å². The van der Waals surface area contributed by atoms with Crippen LogP contribution in [0.4, 0.5) is 0 Å². The van der Waals surface area contributed by atoms with Crippen LogP contribution < -0.4 is 5.32 Å². The summed E-state index contributed by atoms with van der Waals surface area (Å²) < 4.78 is 4.89.